The first-order valence-corrected chi connectivity index (χ1v) is 12.0. The maximum atomic E-state index is 12.9. The van der Waals surface area contributed by atoms with Crippen LogP contribution in [-0.2, 0) is 14.8 Å². The van der Waals surface area contributed by atoms with Gasteiger partial charge in [-0.05, 0) is 36.9 Å². The van der Waals surface area contributed by atoms with Gasteiger partial charge >= 0.3 is 0 Å². The molecule has 162 valence electrons. The predicted molar refractivity (Wildman–Crippen MR) is 114 cm³/mol. The number of ether oxygens (including phenoxy) is 1. The molecule has 0 radical (unpaired) electrons. The molecule has 0 aliphatic carbocycles. The first kappa shape index (κ1) is 22.3. The Morgan fingerprint density at radius 2 is 1.77 bits per heavy atom. The van der Waals surface area contributed by atoms with E-state index >= 15 is 0 Å². The molecule has 30 heavy (non-hydrogen) atoms. The van der Waals surface area contributed by atoms with Crippen molar-refractivity contribution in [3.05, 3.63) is 47.3 Å². The highest BCUT2D eigenvalue weighted by Gasteiger charge is 2.29. The van der Waals surface area contributed by atoms with Crippen molar-refractivity contribution in [2.24, 2.45) is 0 Å². The molecule has 1 N–H and O–H groups in total. The summed E-state index contributed by atoms with van der Waals surface area (Å²) < 4.78 is 32.7. The maximum Gasteiger partial charge on any atom is 0.257 e. The molecule has 1 aliphatic rings. The number of carbonyl (C=O) groups is 2. The van der Waals surface area contributed by atoms with Crippen LogP contribution in [0, 0.1) is 0 Å². The lowest BCUT2D eigenvalue weighted by Crippen LogP contribution is -2.48. The Hall–Kier alpha value is -2.43. The van der Waals surface area contributed by atoms with Crippen LogP contribution in [-0.4, -0.2) is 69.4 Å². The maximum absolute atomic E-state index is 12.9. The van der Waals surface area contributed by atoms with Crippen molar-refractivity contribution in [3.63, 3.8) is 0 Å². The fraction of sp³-hybridized carbons (Fsp3) is 0.400. The average molecular weight is 452 g/mol. The second-order valence-electron chi connectivity index (χ2n) is 6.95. The summed E-state index contributed by atoms with van der Waals surface area (Å²) in [5.41, 5.74) is 0.483. The van der Waals surface area contributed by atoms with Crippen molar-refractivity contribution in [2.75, 3.05) is 33.3 Å². The molecule has 1 aromatic heterocycles. The first-order chi connectivity index (χ1) is 14.3. The van der Waals surface area contributed by atoms with E-state index in [1.165, 1.54) is 20.1 Å². The number of hydrogen-bond donors (Lipinski definition) is 1. The van der Waals surface area contributed by atoms with E-state index in [0.717, 1.165) is 11.3 Å². The van der Waals surface area contributed by atoms with Crippen LogP contribution in [0.4, 0.5) is 0 Å². The number of carbonyl (C=O) groups excluding carboxylic acids is 2. The van der Waals surface area contributed by atoms with E-state index in [0.29, 0.717) is 43.9 Å². The molecule has 1 aromatic carbocycles. The number of rotatable bonds is 6. The summed E-state index contributed by atoms with van der Waals surface area (Å²) in [6, 6.07) is 9.29. The van der Waals surface area contributed by atoms with Crippen LogP contribution in [0.3, 0.4) is 0 Å². The highest BCUT2D eigenvalue weighted by atomic mass is 32.2. The number of methoxy groups -OCH3 is 1. The van der Waals surface area contributed by atoms with Gasteiger partial charge in [-0.15, -0.1) is 11.3 Å². The van der Waals surface area contributed by atoms with Crippen LogP contribution in [0.25, 0.3) is 0 Å². The largest absolute Gasteiger partial charge is 0.496 e. The molecule has 3 rings (SSSR count). The predicted octanol–water partition coefficient (Wildman–Crippen LogP) is 1.80. The van der Waals surface area contributed by atoms with Gasteiger partial charge in [0, 0.05) is 26.2 Å². The molecule has 1 saturated heterocycles. The van der Waals surface area contributed by atoms with E-state index < -0.39 is 16.1 Å². The minimum Gasteiger partial charge on any atom is -0.496 e. The smallest absolute Gasteiger partial charge is 0.257 e. The van der Waals surface area contributed by atoms with Gasteiger partial charge in [-0.25, -0.2) is 8.42 Å². The molecule has 8 nitrogen and oxygen atoms in total. The van der Waals surface area contributed by atoms with Gasteiger partial charge in [0.15, 0.2) is 0 Å². The highest BCUT2D eigenvalue weighted by molar-refractivity contribution is 7.91. The van der Waals surface area contributed by atoms with Crippen molar-refractivity contribution >= 4 is 33.2 Å². The standard InChI is InChI=1S/C20H25N3O5S2/c1-15(21-30(26,27)18-9-5-14-29-18)19(24)22-10-6-11-23(13-12-22)20(25)16-7-3-4-8-17(16)28-2/h3-5,7-9,14-15,21H,6,10-13H2,1-2H3. The van der Waals surface area contributed by atoms with E-state index in [4.69, 9.17) is 4.74 Å². The van der Waals surface area contributed by atoms with Crippen LogP contribution >= 0.6 is 11.3 Å². The average Bonchev–Trinajstić information content (AvgIpc) is 3.19. The summed E-state index contributed by atoms with van der Waals surface area (Å²) in [7, 11) is -2.21. The lowest BCUT2D eigenvalue weighted by atomic mass is 10.1. The molecular weight excluding hydrogens is 426 g/mol. The highest BCUT2D eigenvalue weighted by Crippen LogP contribution is 2.20. The first-order valence-electron chi connectivity index (χ1n) is 9.60. The van der Waals surface area contributed by atoms with Crippen molar-refractivity contribution in [1.29, 1.82) is 0 Å². The fourth-order valence-electron chi connectivity index (χ4n) is 3.36. The Bertz CT molecular complexity index is 992. The normalized spacial score (nSPS) is 16.1. The molecule has 1 aliphatic heterocycles. The number of nitrogens with one attached hydrogen (secondary N) is 1. The van der Waals surface area contributed by atoms with Gasteiger partial charge in [0.2, 0.25) is 5.91 Å². The van der Waals surface area contributed by atoms with Crippen LogP contribution < -0.4 is 9.46 Å². The number of hydrogen-bond acceptors (Lipinski definition) is 6. The molecule has 2 amide bonds. The van der Waals surface area contributed by atoms with Crippen molar-refractivity contribution in [1.82, 2.24) is 14.5 Å². The number of thiophene rings is 1. The van der Waals surface area contributed by atoms with Gasteiger partial charge in [-0.1, -0.05) is 18.2 Å². The molecule has 1 fully saturated rings. The van der Waals surface area contributed by atoms with Gasteiger partial charge in [0.05, 0.1) is 18.7 Å². The van der Waals surface area contributed by atoms with Gasteiger partial charge in [-0.2, -0.15) is 4.72 Å². The third-order valence-corrected chi connectivity index (χ3v) is 7.83. The minimum absolute atomic E-state index is 0.145. The molecule has 2 aromatic rings. The SMILES string of the molecule is COc1ccccc1C(=O)N1CCCN(C(=O)C(C)NS(=O)(=O)c2cccs2)CC1. The fourth-order valence-corrected chi connectivity index (χ4v) is 5.57. The van der Waals surface area contributed by atoms with E-state index in [1.54, 1.807) is 45.5 Å². The number of amides is 2. The van der Waals surface area contributed by atoms with Gasteiger partial charge < -0.3 is 14.5 Å². The van der Waals surface area contributed by atoms with Gasteiger partial charge in [0.25, 0.3) is 15.9 Å². The van der Waals surface area contributed by atoms with Gasteiger partial charge in [-0.3, -0.25) is 9.59 Å². The van der Waals surface area contributed by atoms with Crippen molar-refractivity contribution < 1.29 is 22.7 Å². The Labute approximate surface area is 180 Å². The lowest BCUT2D eigenvalue weighted by Gasteiger charge is -2.25. The quantitative estimate of drug-likeness (QED) is 0.723. The Morgan fingerprint density at radius 1 is 1.07 bits per heavy atom. The molecular formula is C20H25N3O5S2. The number of nitrogens with zero attached hydrogens (tertiary/aromatic N) is 2. The number of sulfonamides is 1. The third kappa shape index (κ3) is 5.00. The van der Waals surface area contributed by atoms with Crippen molar-refractivity contribution in [2.45, 2.75) is 23.6 Å². The number of benzene rings is 1. The summed E-state index contributed by atoms with van der Waals surface area (Å²) in [5, 5.41) is 1.67. The second kappa shape index (κ2) is 9.59. The summed E-state index contributed by atoms with van der Waals surface area (Å²) >= 11 is 1.10. The molecule has 10 heteroatoms. The zero-order chi connectivity index (χ0) is 21.7. The summed E-state index contributed by atoms with van der Waals surface area (Å²) in [6.45, 7) is 3.21. The van der Waals surface area contributed by atoms with Crippen LogP contribution in [0.2, 0.25) is 0 Å². The zero-order valence-electron chi connectivity index (χ0n) is 16.9. The number of para-hydroxylation sites is 1. The Kier molecular flexibility index (Phi) is 7.11. The summed E-state index contributed by atoms with van der Waals surface area (Å²) in [4.78, 5) is 29.0. The molecule has 0 bridgehead atoms. The Balaban J connectivity index is 1.63. The van der Waals surface area contributed by atoms with E-state index in [-0.39, 0.29) is 16.0 Å². The van der Waals surface area contributed by atoms with Gasteiger partial charge in [0.1, 0.15) is 9.96 Å². The van der Waals surface area contributed by atoms with E-state index in [2.05, 4.69) is 4.72 Å². The molecule has 1 unspecified atom stereocenters. The molecule has 0 spiro atoms. The molecule has 1 atom stereocenters. The minimum atomic E-state index is -3.73. The molecule has 0 saturated carbocycles. The Morgan fingerprint density at radius 3 is 2.47 bits per heavy atom. The topological polar surface area (TPSA) is 96.0 Å². The zero-order valence-corrected chi connectivity index (χ0v) is 18.5. The monoisotopic (exact) mass is 451 g/mol. The van der Waals surface area contributed by atoms with E-state index in [1.807, 2.05) is 0 Å². The lowest BCUT2D eigenvalue weighted by molar-refractivity contribution is -0.132. The third-order valence-electron chi connectivity index (χ3n) is 4.89. The van der Waals surface area contributed by atoms with Crippen molar-refractivity contribution in [3.8, 4) is 5.75 Å². The summed E-state index contributed by atoms with van der Waals surface area (Å²) in [6.07, 6.45) is 0.608. The van der Waals surface area contributed by atoms with E-state index in [9.17, 15) is 18.0 Å². The summed E-state index contributed by atoms with van der Waals surface area (Å²) in [5.74, 6) is 0.0613. The van der Waals surface area contributed by atoms with Crippen LogP contribution in [0.5, 0.6) is 5.75 Å². The van der Waals surface area contributed by atoms with Crippen LogP contribution in [0.15, 0.2) is 46.0 Å². The second-order valence-corrected chi connectivity index (χ2v) is 9.83. The molecule has 2 heterocycles. The van der Waals surface area contributed by atoms with Crippen LogP contribution in [0.1, 0.15) is 23.7 Å².